The molecule has 2 atom stereocenters. The first-order valence-corrected chi connectivity index (χ1v) is 7.61. The second kappa shape index (κ2) is 8.42. The number of hydrogen-bond acceptors (Lipinski definition) is 3. The number of carbonyl (C=O) groups is 1. The molecule has 3 rings (SSSR count). The maximum Gasteiger partial charge on any atom is 0.239 e. The minimum absolute atomic E-state index is 0. The third-order valence-electron chi connectivity index (χ3n) is 4.76. The van der Waals surface area contributed by atoms with Gasteiger partial charge in [0, 0.05) is 25.7 Å². The van der Waals surface area contributed by atoms with Gasteiger partial charge in [0.2, 0.25) is 5.91 Å². The monoisotopic (exact) mass is 323 g/mol. The van der Waals surface area contributed by atoms with Gasteiger partial charge < -0.3 is 10.2 Å². The summed E-state index contributed by atoms with van der Waals surface area (Å²) in [6.45, 7) is 5.25. The second-order valence-electron chi connectivity index (χ2n) is 5.97. The second-order valence-corrected chi connectivity index (χ2v) is 5.97. The van der Waals surface area contributed by atoms with Gasteiger partial charge in [-0.05, 0) is 38.8 Å². The molecule has 0 bridgehead atoms. The fourth-order valence-corrected chi connectivity index (χ4v) is 3.64. The van der Waals surface area contributed by atoms with E-state index in [-0.39, 0.29) is 30.9 Å². The average molecular weight is 324 g/mol. The van der Waals surface area contributed by atoms with Crippen LogP contribution >= 0.6 is 24.8 Å². The molecule has 0 radical (unpaired) electrons. The Balaban J connectivity index is 0.000001000. The Morgan fingerprint density at radius 1 is 0.950 bits per heavy atom. The zero-order chi connectivity index (χ0) is 12.4. The number of nitrogens with one attached hydrogen (secondary N) is 1. The van der Waals surface area contributed by atoms with Crippen molar-refractivity contribution < 1.29 is 4.79 Å². The van der Waals surface area contributed by atoms with E-state index >= 15 is 0 Å². The first-order chi connectivity index (χ1) is 8.84. The van der Waals surface area contributed by atoms with Gasteiger partial charge in [0.25, 0.3) is 0 Å². The van der Waals surface area contributed by atoms with Crippen molar-refractivity contribution in [3.05, 3.63) is 0 Å². The Bertz CT molecular complexity index is 311. The van der Waals surface area contributed by atoms with Crippen LogP contribution in [0.1, 0.15) is 38.5 Å². The number of piperazine rings is 1. The summed E-state index contributed by atoms with van der Waals surface area (Å²) in [6.07, 6.45) is 7.41. The van der Waals surface area contributed by atoms with Gasteiger partial charge >= 0.3 is 0 Å². The number of hydrogen-bond donors (Lipinski definition) is 1. The summed E-state index contributed by atoms with van der Waals surface area (Å²) in [6, 6.07) is 0.744. The molecule has 0 aromatic rings. The van der Waals surface area contributed by atoms with Crippen LogP contribution in [0.3, 0.4) is 0 Å². The van der Waals surface area contributed by atoms with Gasteiger partial charge in [-0.1, -0.05) is 12.8 Å². The van der Waals surface area contributed by atoms with Crippen molar-refractivity contribution >= 4 is 30.7 Å². The molecule has 1 N–H and O–H groups in total. The quantitative estimate of drug-likeness (QED) is 0.797. The van der Waals surface area contributed by atoms with Crippen LogP contribution in [0.5, 0.6) is 0 Å². The highest BCUT2D eigenvalue weighted by Gasteiger charge is 2.33. The van der Waals surface area contributed by atoms with Crippen LogP contribution in [0, 0.1) is 0 Å². The highest BCUT2D eigenvalue weighted by atomic mass is 35.5. The molecule has 1 unspecified atom stereocenters. The summed E-state index contributed by atoms with van der Waals surface area (Å²) >= 11 is 0. The number of rotatable bonds is 1. The summed E-state index contributed by atoms with van der Waals surface area (Å²) in [4.78, 5) is 17.2. The highest BCUT2D eigenvalue weighted by molar-refractivity contribution is 5.85. The van der Waals surface area contributed by atoms with E-state index in [1.54, 1.807) is 0 Å². The van der Waals surface area contributed by atoms with Crippen molar-refractivity contribution in [1.29, 1.82) is 0 Å². The Morgan fingerprint density at radius 3 is 2.50 bits per heavy atom. The molecular weight excluding hydrogens is 297 g/mol. The largest absolute Gasteiger partial charge is 0.338 e. The van der Waals surface area contributed by atoms with Crippen molar-refractivity contribution in [3.63, 3.8) is 0 Å². The maximum absolute atomic E-state index is 12.5. The lowest BCUT2D eigenvalue weighted by atomic mass is 9.98. The topological polar surface area (TPSA) is 35.6 Å². The lowest BCUT2D eigenvalue weighted by Gasteiger charge is -2.45. The molecule has 3 saturated heterocycles. The summed E-state index contributed by atoms with van der Waals surface area (Å²) < 4.78 is 0. The van der Waals surface area contributed by atoms with E-state index in [1.807, 2.05) is 0 Å². The van der Waals surface area contributed by atoms with Crippen molar-refractivity contribution in [2.45, 2.75) is 50.6 Å². The van der Waals surface area contributed by atoms with Crippen LogP contribution in [0.2, 0.25) is 0 Å². The Morgan fingerprint density at radius 2 is 1.75 bits per heavy atom. The fourth-order valence-electron chi connectivity index (χ4n) is 3.64. The van der Waals surface area contributed by atoms with Gasteiger partial charge in [0.1, 0.15) is 0 Å². The Labute approximate surface area is 134 Å². The summed E-state index contributed by atoms with van der Waals surface area (Å²) in [5.41, 5.74) is 0. The number of amides is 1. The number of nitrogens with zero attached hydrogens (tertiary/aromatic N) is 2. The van der Waals surface area contributed by atoms with Gasteiger partial charge in [0.05, 0.1) is 6.04 Å². The zero-order valence-corrected chi connectivity index (χ0v) is 13.7. The van der Waals surface area contributed by atoms with Gasteiger partial charge in [-0.2, -0.15) is 0 Å². The molecule has 1 amide bonds. The number of fused-ring (bicyclic) bond motifs is 1. The van der Waals surface area contributed by atoms with Gasteiger partial charge in [-0.3, -0.25) is 9.69 Å². The first kappa shape index (κ1) is 18.0. The Hall–Kier alpha value is -0.0300. The smallest absolute Gasteiger partial charge is 0.239 e. The van der Waals surface area contributed by atoms with Crippen LogP contribution in [0.25, 0.3) is 0 Å². The summed E-state index contributed by atoms with van der Waals surface area (Å²) in [7, 11) is 0. The van der Waals surface area contributed by atoms with Crippen molar-refractivity contribution in [2.75, 3.05) is 32.7 Å². The third kappa shape index (κ3) is 4.00. The number of carbonyl (C=O) groups excluding carboxylic acids is 1. The van der Waals surface area contributed by atoms with E-state index in [9.17, 15) is 4.79 Å². The van der Waals surface area contributed by atoms with Crippen LogP contribution in [0.15, 0.2) is 0 Å². The third-order valence-corrected chi connectivity index (χ3v) is 4.76. The fraction of sp³-hybridized carbons (Fsp3) is 0.929. The maximum atomic E-state index is 12.5. The molecular formula is C14H27Cl2N3O. The minimum atomic E-state index is 0. The molecule has 3 heterocycles. The molecule has 0 saturated carbocycles. The SMILES string of the molecule is Cl.Cl.O=C([C@@H]1CCCCN1)N1CCN2CCCCC2C1. The number of piperidine rings is 2. The molecule has 6 heteroatoms. The van der Waals surface area contributed by atoms with E-state index in [0.717, 1.165) is 32.6 Å². The first-order valence-electron chi connectivity index (χ1n) is 7.61. The normalized spacial score (nSPS) is 30.7. The molecule has 3 fully saturated rings. The van der Waals surface area contributed by atoms with Gasteiger partial charge in [-0.25, -0.2) is 0 Å². The van der Waals surface area contributed by atoms with Gasteiger partial charge in [-0.15, -0.1) is 24.8 Å². The molecule has 0 aliphatic carbocycles. The average Bonchev–Trinajstić information content (AvgIpc) is 2.47. The molecule has 20 heavy (non-hydrogen) atoms. The zero-order valence-electron chi connectivity index (χ0n) is 12.1. The van der Waals surface area contributed by atoms with Crippen molar-refractivity contribution in [1.82, 2.24) is 15.1 Å². The van der Waals surface area contributed by atoms with E-state index in [0.29, 0.717) is 11.9 Å². The molecule has 0 aromatic heterocycles. The molecule has 118 valence electrons. The van der Waals surface area contributed by atoms with E-state index in [2.05, 4.69) is 15.1 Å². The van der Waals surface area contributed by atoms with E-state index < -0.39 is 0 Å². The minimum Gasteiger partial charge on any atom is -0.338 e. The molecule has 4 nitrogen and oxygen atoms in total. The molecule has 3 aliphatic rings. The van der Waals surface area contributed by atoms with E-state index in [4.69, 9.17) is 0 Å². The van der Waals surface area contributed by atoms with Crippen molar-refractivity contribution in [2.24, 2.45) is 0 Å². The predicted molar refractivity (Wildman–Crippen MR) is 85.9 cm³/mol. The molecule has 0 spiro atoms. The molecule has 3 aliphatic heterocycles. The molecule has 0 aromatic carbocycles. The standard InChI is InChI=1S/C14H25N3O.2ClH/c18-14(13-6-1-3-7-15-13)17-10-9-16-8-4-2-5-12(16)11-17;;/h12-13,15H,1-11H2;2*1H/t12?,13-;;/m0../s1. The lowest BCUT2D eigenvalue weighted by Crippen LogP contribution is -2.59. The van der Waals surface area contributed by atoms with Gasteiger partial charge in [0.15, 0.2) is 0 Å². The van der Waals surface area contributed by atoms with Crippen LogP contribution in [-0.4, -0.2) is 60.5 Å². The summed E-state index contributed by atoms with van der Waals surface area (Å²) in [5.74, 6) is 0.361. The highest BCUT2D eigenvalue weighted by Crippen LogP contribution is 2.22. The van der Waals surface area contributed by atoms with Crippen LogP contribution < -0.4 is 5.32 Å². The van der Waals surface area contributed by atoms with Crippen molar-refractivity contribution in [3.8, 4) is 0 Å². The summed E-state index contributed by atoms with van der Waals surface area (Å²) in [5, 5.41) is 3.38. The lowest BCUT2D eigenvalue weighted by molar-refractivity contribution is -0.137. The Kier molecular flexibility index (Phi) is 7.59. The van der Waals surface area contributed by atoms with Crippen LogP contribution in [0.4, 0.5) is 0 Å². The van der Waals surface area contributed by atoms with Crippen LogP contribution in [-0.2, 0) is 4.79 Å². The number of halogens is 2. The van der Waals surface area contributed by atoms with E-state index in [1.165, 1.54) is 38.6 Å². The predicted octanol–water partition coefficient (Wildman–Crippen LogP) is 1.67.